The largest absolute Gasteiger partial charge is 0.393 e. The SMILES string of the molecule is O=C(NC1CCC(O)CC1)c1ccccc1. The summed E-state index contributed by atoms with van der Waals surface area (Å²) in [4.78, 5) is 11.8. The molecule has 3 heteroatoms. The summed E-state index contributed by atoms with van der Waals surface area (Å²) >= 11 is 0. The number of hydrogen-bond donors (Lipinski definition) is 2. The van der Waals surface area contributed by atoms with Gasteiger partial charge in [-0.2, -0.15) is 0 Å². The van der Waals surface area contributed by atoms with Gasteiger partial charge in [-0.25, -0.2) is 0 Å². The second kappa shape index (κ2) is 5.12. The van der Waals surface area contributed by atoms with Crippen molar-refractivity contribution in [3.8, 4) is 0 Å². The van der Waals surface area contributed by atoms with Crippen LogP contribution in [-0.2, 0) is 0 Å². The van der Waals surface area contributed by atoms with E-state index in [0.717, 1.165) is 25.7 Å². The molecule has 1 aliphatic carbocycles. The van der Waals surface area contributed by atoms with Crippen molar-refractivity contribution in [2.75, 3.05) is 0 Å². The zero-order valence-corrected chi connectivity index (χ0v) is 9.23. The minimum absolute atomic E-state index is 0.0120. The predicted molar refractivity (Wildman–Crippen MR) is 62.2 cm³/mol. The Morgan fingerprint density at radius 2 is 1.75 bits per heavy atom. The smallest absolute Gasteiger partial charge is 0.251 e. The Balaban J connectivity index is 1.88. The molecule has 0 heterocycles. The molecule has 0 radical (unpaired) electrons. The molecule has 0 spiro atoms. The molecule has 0 atom stereocenters. The summed E-state index contributed by atoms with van der Waals surface area (Å²) in [5, 5.41) is 12.4. The highest BCUT2D eigenvalue weighted by Gasteiger charge is 2.20. The second-order valence-corrected chi connectivity index (χ2v) is 4.34. The Bertz CT molecular complexity index is 342. The summed E-state index contributed by atoms with van der Waals surface area (Å²) in [6.07, 6.45) is 3.16. The molecule has 86 valence electrons. The lowest BCUT2D eigenvalue weighted by atomic mass is 9.93. The number of carbonyl (C=O) groups is 1. The molecule has 16 heavy (non-hydrogen) atoms. The van der Waals surface area contributed by atoms with Crippen LogP contribution in [0.15, 0.2) is 30.3 Å². The summed E-state index contributed by atoms with van der Waals surface area (Å²) in [5.41, 5.74) is 0.702. The molecule has 0 saturated heterocycles. The van der Waals surface area contributed by atoms with Crippen LogP contribution < -0.4 is 5.32 Å². The third-order valence-corrected chi connectivity index (χ3v) is 3.07. The summed E-state index contributed by atoms with van der Waals surface area (Å²) in [5.74, 6) is -0.0120. The third kappa shape index (κ3) is 2.83. The number of aliphatic hydroxyl groups excluding tert-OH is 1. The maximum absolute atomic E-state index is 11.8. The Labute approximate surface area is 95.5 Å². The first-order valence-corrected chi connectivity index (χ1v) is 5.79. The maximum atomic E-state index is 11.8. The molecule has 1 fully saturated rings. The van der Waals surface area contributed by atoms with Crippen LogP contribution in [0, 0.1) is 0 Å². The number of benzene rings is 1. The van der Waals surface area contributed by atoms with Crippen molar-refractivity contribution in [1.29, 1.82) is 0 Å². The topological polar surface area (TPSA) is 49.3 Å². The van der Waals surface area contributed by atoms with Crippen molar-refractivity contribution in [2.24, 2.45) is 0 Å². The normalized spacial score (nSPS) is 25.1. The summed E-state index contributed by atoms with van der Waals surface area (Å²) in [7, 11) is 0. The van der Waals surface area contributed by atoms with E-state index in [-0.39, 0.29) is 18.1 Å². The van der Waals surface area contributed by atoms with Crippen molar-refractivity contribution in [3.63, 3.8) is 0 Å². The van der Waals surface area contributed by atoms with Gasteiger partial charge in [0.05, 0.1) is 6.10 Å². The number of rotatable bonds is 2. The van der Waals surface area contributed by atoms with Gasteiger partial charge in [0.2, 0.25) is 0 Å². The van der Waals surface area contributed by atoms with Gasteiger partial charge in [-0.15, -0.1) is 0 Å². The molecule has 1 saturated carbocycles. The number of hydrogen-bond acceptors (Lipinski definition) is 2. The molecule has 1 aromatic carbocycles. The fourth-order valence-corrected chi connectivity index (χ4v) is 2.08. The van der Waals surface area contributed by atoms with Crippen molar-refractivity contribution in [2.45, 2.75) is 37.8 Å². The first kappa shape index (κ1) is 11.1. The first-order chi connectivity index (χ1) is 7.75. The van der Waals surface area contributed by atoms with Gasteiger partial charge in [0.1, 0.15) is 0 Å². The van der Waals surface area contributed by atoms with Gasteiger partial charge in [0, 0.05) is 11.6 Å². The molecule has 0 unspecified atom stereocenters. The van der Waals surface area contributed by atoms with Gasteiger partial charge in [-0.1, -0.05) is 18.2 Å². The van der Waals surface area contributed by atoms with Gasteiger partial charge < -0.3 is 10.4 Å². The lowest BCUT2D eigenvalue weighted by Gasteiger charge is -2.26. The van der Waals surface area contributed by atoms with E-state index in [9.17, 15) is 9.90 Å². The van der Waals surface area contributed by atoms with Crippen LogP contribution in [0.25, 0.3) is 0 Å². The molecule has 0 aliphatic heterocycles. The van der Waals surface area contributed by atoms with Crippen LogP contribution in [0.1, 0.15) is 36.0 Å². The van der Waals surface area contributed by atoms with Gasteiger partial charge in [-0.05, 0) is 37.8 Å². The zero-order chi connectivity index (χ0) is 11.4. The average molecular weight is 219 g/mol. The number of nitrogens with one attached hydrogen (secondary N) is 1. The van der Waals surface area contributed by atoms with Crippen LogP contribution in [0.5, 0.6) is 0 Å². The van der Waals surface area contributed by atoms with Gasteiger partial charge in [0.15, 0.2) is 0 Å². The fourth-order valence-electron chi connectivity index (χ4n) is 2.08. The minimum atomic E-state index is -0.176. The molecule has 0 aromatic heterocycles. The van der Waals surface area contributed by atoms with Crippen molar-refractivity contribution < 1.29 is 9.90 Å². The highest BCUT2D eigenvalue weighted by atomic mass is 16.3. The summed E-state index contributed by atoms with van der Waals surface area (Å²) < 4.78 is 0. The van der Waals surface area contributed by atoms with Crippen LogP contribution >= 0.6 is 0 Å². The van der Waals surface area contributed by atoms with E-state index in [1.54, 1.807) is 0 Å². The number of carbonyl (C=O) groups excluding carboxylic acids is 1. The van der Waals surface area contributed by atoms with E-state index in [1.165, 1.54) is 0 Å². The van der Waals surface area contributed by atoms with Crippen molar-refractivity contribution >= 4 is 5.91 Å². The standard InChI is InChI=1S/C13H17NO2/c15-12-8-6-11(7-9-12)14-13(16)10-4-2-1-3-5-10/h1-5,11-12,15H,6-9H2,(H,14,16). The van der Waals surface area contributed by atoms with Crippen LogP contribution in [0.4, 0.5) is 0 Å². The Kier molecular flexibility index (Phi) is 3.57. The van der Waals surface area contributed by atoms with E-state index in [0.29, 0.717) is 5.56 Å². The van der Waals surface area contributed by atoms with Crippen LogP contribution in [0.2, 0.25) is 0 Å². The third-order valence-electron chi connectivity index (χ3n) is 3.07. The maximum Gasteiger partial charge on any atom is 0.251 e. The highest BCUT2D eigenvalue weighted by Crippen LogP contribution is 2.18. The highest BCUT2D eigenvalue weighted by molar-refractivity contribution is 5.94. The fraction of sp³-hybridized carbons (Fsp3) is 0.462. The predicted octanol–water partition coefficient (Wildman–Crippen LogP) is 1.72. The Morgan fingerprint density at radius 1 is 1.12 bits per heavy atom. The van der Waals surface area contributed by atoms with Crippen LogP contribution in [0.3, 0.4) is 0 Å². The van der Waals surface area contributed by atoms with Crippen LogP contribution in [-0.4, -0.2) is 23.2 Å². The molecular formula is C13H17NO2. The minimum Gasteiger partial charge on any atom is -0.393 e. The van der Waals surface area contributed by atoms with E-state index >= 15 is 0 Å². The molecule has 3 nitrogen and oxygen atoms in total. The summed E-state index contributed by atoms with van der Waals surface area (Å²) in [6.45, 7) is 0. The first-order valence-electron chi connectivity index (χ1n) is 5.79. The Hall–Kier alpha value is -1.35. The average Bonchev–Trinajstić information content (AvgIpc) is 2.33. The van der Waals surface area contributed by atoms with Gasteiger partial charge >= 0.3 is 0 Å². The zero-order valence-electron chi connectivity index (χ0n) is 9.23. The molecule has 1 amide bonds. The summed E-state index contributed by atoms with van der Waals surface area (Å²) in [6, 6.07) is 9.46. The van der Waals surface area contributed by atoms with E-state index in [4.69, 9.17) is 0 Å². The van der Waals surface area contributed by atoms with Crippen molar-refractivity contribution in [1.82, 2.24) is 5.32 Å². The Morgan fingerprint density at radius 3 is 2.38 bits per heavy atom. The molecular weight excluding hydrogens is 202 g/mol. The number of aliphatic hydroxyl groups is 1. The quantitative estimate of drug-likeness (QED) is 0.795. The monoisotopic (exact) mass is 219 g/mol. The van der Waals surface area contributed by atoms with Gasteiger partial charge in [0.25, 0.3) is 5.91 Å². The second-order valence-electron chi connectivity index (χ2n) is 4.34. The molecule has 1 aliphatic rings. The molecule has 1 aromatic rings. The lowest BCUT2D eigenvalue weighted by Crippen LogP contribution is -2.38. The van der Waals surface area contributed by atoms with E-state index < -0.39 is 0 Å². The van der Waals surface area contributed by atoms with E-state index in [2.05, 4.69) is 5.32 Å². The molecule has 0 bridgehead atoms. The van der Waals surface area contributed by atoms with E-state index in [1.807, 2.05) is 30.3 Å². The van der Waals surface area contributed by atoms with Crippen molar-refractivity contribution in [3.05, 3.63) is 35.9 Å². The van der Waals surface area contributed by atoms with Gasteiger partial charge in [-0.3, -0.25) is 4.79 Å². The lowest BCUT2D eigenvalue weighted by molar-refractivity contribution is 0.0867. The number of amides is 1. The molecule has 2 N–H and O–H groups in total. The molecule has 2 rings (SSSR count).